The normalized spacial score (nSPS) is 28.0. The van der Waals surface area contributed by atoms with E-state index in [0.717, 1.165) is 43.4 Å². The summed E-state index contributed by atoms with van der Waals surface area (Å²) in [5.41, 5.74) is 10.6. The minimum absolute atomic E-state index is 0. The lowest BCUT2D eigenvalue weighted by atomic mass is 9.78. The van der Waals surface area contributed by atoms with Crippen LogP contribution >= 0.6 is 24.8 Å². The fourth-order valence-electron chi connectivity index (χ4n) is 5.26. The highest BCUT2D eigenvalue weighted by Gasteiger charge is 2.45. The van der Waals surface area contributed by atoms with Crippen molar-refractivity contribution in [3.63, 3.8) is 0 Å². The number of carbonyl (C=O) groups is 1. The molecule has 1 fully saturated rings. The Hall–Kier alpha value is -1.66. The lowest BCUT2D eigenvalue weighted by Gasteiger charge is -2.34. The molecule has 7 heteroatoms. The number of benzene rings is 1. The summed E-state index contributed by atoms with van der Waals surface area (Å²) in [6.07, 6.45) is 9.05. The second-order valence-corrected chi connectivity index (χ2v) is 7.91. The first-order valence-electron chi connectivity index (χ1n) is 9.96. The van der Waals surface area contributed by atoms with E-state index in [2.05, 4.69) is 34.1 Å². The Morgan fingerprint density at radius 2 is 1.90 bits per heavy atom. The number of carbonyl (C=O) groups excluding carboxylic acids is 1. The smallest absolute Gasteiger partial charge is 0.239 e. The van der Waals surface area contributed by atoms with Crippen LogP contribution in [0.5, 0.6) is 0 Å². The Morgan fingerprint density at radius 3 is 2.72 bits per heavy atom. The van der Waals surface area contributed by atoms with Crippen molar-refractivity contribution in [2.75, 3.05) is 6.54 Å². The molecule has 0 saturated carbocycles. The van der Waals surface area contributed by atoms with Crippen molar-refractivity contribution in [2.45, 2.75) is 56.4 Å². The van der Waals surface area contributed by atoms with E-state index in [1.54, 1.807) is 12.4 Å². The van der Waals surface area contributed by atoms with Crippen LogP contribution in [0.25, 0.3) is 0 Å². The van der Waals surface area contributed by atoms with Crippen molar-refractivity contribution in [3.05, 3.63) is 65.0 Å². The minimum atomic E-state index is -0.434. The molecule has 2 N–H and O–H groups in total. The first-order valence-corrected chi connectivity index (χ1v) is 9.96. The minimum Gasteiger partial charge on any atom is -0.368 e. The van der Waals surface area contributed by atoms with Gasteiger partial charge >= 0.3 is 0 Å². The molecule has 0 bridgehead atoms. The van der Waals surface area contributed by atoms with Gasteiger partial charge in [0.1, 0.15) is 12.3 Å². The van der Waals surface area contributed by atoms with E-state index in [4.69, 9.17) is 10.5 Å². The largest absolute Gasteiger partial charge is 0.368 e. The highest BCUT2D eigenvalue weighted by molar-refractivity contribution is 5.85. The number of aromatic nitrogens is 1. The number of amides is 1. The van der Waals surface area contributed by atoms with Gasteiger partial charge in [-0.2, -0.15) is 0 Å². The van der Waals surface area contributed by atoms with Gasteiger partial charge in [-0.1, -0.05) is 24.3 Å². The van der Waals surface area contributed by atoms with Gasteiger partial charge in [0, 0.05) is 36.0 Å². The van der Waals surface area contributed by atoms with Crippen LogP contribution in [0, 0.1) is 0 Å². The lowest BCUT2D eigenvalue weighted by molar-refractivity contribution is -0.133. The Labute approximate surface area is 183 Å². The number of hydrogen-bond acceptors (Lipinski definition) is 4. The standard InChI is InChI=1S/C22H25N3O2.2ClH/c23-21(26)20-18-13-24-11-10-17(18)22-25(20)12-4-9-19(27-22)16-8-3-6-14-5-1-2-7-15(14)16;;/h1-2,5,7,10-11,13,16,19-20,22H,3-4,6,8-9,12H2,(H2,23,26);2*1H/t16-,19?,20?,22?;;/m1../s1. The van der Waals surface area contributed by atoms with Gasteiger partial charge in [0.25, 0.3) is 0 Å². The summed E-state index contributed by atoms with van der Waals surface area (Å²) in [5.74, 6) is 0.102. The SMILES string of the molecule is Cl.Cl.NC(=O)C1c2cnccc2C2OC([C@@H]3CCCc4ccccc43)CCCN21. The molecule has 2 aliphatic heterocycles. The molecule has 1 aliphatic carbocycles. The molecule has 1 amide bonds. The molecular weight excluding hydrogens is 409 g/mol. The third-order valence-corrected chi connectivity index (χ3v) is 6.42. The number of primary amides is 1. The zero-order valence-corrected chi connectivity index (χ0v) is 17.8. The maximum Gasteiger partial charge on any atom is 0.239 e. The molecule has 5 nitrogen and oxygen atoms in total. The molecular formula is C22H27Cl2N3O2. The van der Waals surface area contributed by atoms with Crippen LogP contribution in [0.15, 0.2) is 42.7 Å². The predicted molar refractivity (Wildman–Crippen MR) is 116 cm³/mol. The third kappa shape index (κ3) is 3.77. The van der Waals surface area contributed by atoms with Gasteiger partial charge in [-0.3, -0.25) is 14.7 Å². The predicted octanol–water partition coefficient (Wildman–Crippen LogP) is 4.06. The van der Waals surface area contributed by atoms with Crippen molar-refractivity contribution in [2.24, 2.45) is 5.73 Å². The van der Waals surface area contributed by atoms with Gasteiger partial charge in [0.05, 0.1) is 6.10 Å². The van der Waals surface area contributed by atoms with Crippen molar-refractivity contribution in [3.8, 4) is 0 Å². The van der Waals surface area contributed by atoms with E-state index >= 15 is 0 Å². The van der Waals surface area contributed by atoms with E-state index in [1.165, 1.54) is 17.5 Å². The van der Waals surface area contributed by atoms with Crippen molar-refractivity contribution < 1.29 is 9.53 Å². The molecule has 1 aromatic heterocycles. The van der Waals surface area contributed by atoms with Crippen LogP contribution in [0.4, 0.5) is 0 Å². The summed E-state index contributed by atoms with van der Waals surface area (Å²) in [7, 11) is 0. The molecule has 29 heavy (non-hydrogen) atoms. The van der Waals surface area contributed by atoms with Crippen LogP contribution in [0.3, 0.4) is 0 Å². The molecule has 3 aliphatic rings. The number of rotatable bonds is 2. The summed E-state index contributed by atoms with van der Waals surface area (Å²) < 4.78 is 6.73. The van der Waals surface area contributed by atoms with Gasteiger partial charge in [-0.15, -0.1) is 24.8 Å². The highest BCUT2D eigenvalue weighted by Crippen LogP contribution is 2.47. The van der Waals surface area contributed by atoms with E-state index in [0.29, 0.717) is 5.92 Å². The van der Waals surface area contributed by atoms with Crippen molar-refractivity contribution >= 4 is 30.7 Å². The van der Waals surface area contributed by atoms with Crippen LogP contribution in [0.1, 0.15) is 66.1 Å². The summed E-state index contributed by atoms with van der Waals surface area (Å²) in [5, 5.41) is 0. The van der Waals surface area contributed by atoms with Gasteiger partial charge in [0.15, 0.2) is 0 Å². The van der Waals surface area contributed by atoms with Crippen LogP contribution in [-0.2, 0) is 16.0 Å². The lowest BCUT2D eigenvalue weighted by Crippen LogP contribution is -2.36. The van der Waals surface area contributed by atoms with E-state index < -0.39 is 6.04 Å². The monoisotopic (exact) mass is 435 g/mol. The molecule has 0 radical (unpaired) electrons. The van der Waals surface area contributed by atoms with E-state index in [-0.39, 0.29) is 43.1 Å². The van der Waals surface area contributed by atoms with Gasteiger partial charge in [-0.25, -0.2) is 0 Å². The summed E-state index contributed by atoms with van der Waals surface area (Å²) in [6.45, 7) is 0.817. The Bertz CT molecular complexity index is 879. The Balaban J connectivity index is 0.00000120. The topological polar surface area (TPSA) is 68.5 Å². The number of pyridine rings is 1. The number of halogens is 2. The van der Waals surface area contributed by atoms with E-state index in [9.17, 15) is 4.79 Å². The van der Waals surface area contributed by atoms with Crippen LogP contribution in [-0.4, -0.2) is 28.4 Å². The molecule has 1 aromatic carbocycles. The zero-order chi connectivity index (χ0) is 18.4. The first kappa shape index (κ1) is 22.0. The Morgan fingerprint density at radius 1 is 1.07 bits per heavy atom. The Kier molecular flexibility index (Phi) is 6.84. The van der Waals surface area contributed by atoms with Gasteiger partial charge in [-0.05, 0) is 49.3 Å². The third-order valence-electron chi connectivity index (χ3n) is 6.42. The van der Waals surface area contributed by atoms with Crippen molar-refractivity contribution in [1.82, 2.24) is 9.88 Å². The fourth-order valence-corrected chi connectivity index (χ4v) is 5.26. The number of hydrogen-bond donors (Lipinski definition) is 1. The average Bonchev–Trinajstić information content (AvgIpc) is 2.85. The molecule has 2 aromatic rings. The van der Waals surface area contributed by atoms with Crippen molar-refractivity contribution in [1.29, 1.82) is 0 Å². The number of fused-ring (bicyclic) bond motifs is 4. The zero-order valence-electron chi connectivity index (χ0n) is 16.2. The van der Waals surface area contributed by atoms with Crippen LogP contribution in [0.2, 0.25) is 0 Å². The average molecular weight is 436 g/mol. The molecule has 5 rings (SSSR count). The van der Waals surface area contributed by atoms with E-state index in [1.807, 2.05) is 6.07 Å². The summed E-state index contributed by atoms with van der Waals surface area (Å²) >= 11 is 0. The van der Waals surface area contributed by atoms with Crippen LogP contribution < -0.4 is 5.73 Å². The summed E-state index contributed by atoms with van der Waals surface area (Å²) in [6, 6.07) is 10.3. The molecule has 4 atom stereocenters. The summed E-state index contributed by atoms with van der Waals surface area (Å²) in [4.78, 5) is 18.5. The number of nitrogens with zero attached hydrogens (tertiary/aromatic N) is 2. The number of aryl methyl sites for hydroxylation is 1. The highest BCUT2D eigenvalue weighted by atomic mass is 35.5. The second kappa shape index (κ2) is 9.00. The number of ether oxygens (including phenoxy) is 1. The van der Waals surface area contributed by atoms with Gasteiger partial charge in [0.2, 0.25) is 5.91 Å². The number of nitrogens with two attached hydrogens (primary N) is 1. The fraction of sp³-hybridized carbons (Fsp3) is 0.455. The maximum atomic E-state index is 12.2. The molecule has 1 saturated heterocycles. The second-order valence-electron chi connectivity index (χ2n) is 7.91. The molecule has 156 valence electrons. The first-order chi connectivity index (χ1) is 13.2. The molecule has 0 spiro atoms. The quantitative estimate of drug-likeness (QED) is 0.771. The molecule has 3 heterocycles. The molecule has 3 unspecified atom stereocenters. The maximum absolute atomic E-state index is 12.2. The van der Waals surface area contributed by atoms with Gasteiger partial charge < -0.3 is 10.5 Å².